The second-order valence-corrected chi connectivity index (χ2v) is 7.06. The van der Waals surface area contributed by atoms with Crippen LogP contribution in [0, 0.1) is 17.8 Å². The summed E-state index contributed by atoms with van der Waals surface area (Å²) in [5.41, 5.74) is 2.15. The van der Waals surface area contributed by atoms with Gasteiger partial charge in [-0.2, -0.15) is 0 Å². The van der Waals surface area contributed by atoms with Crippen LogP contribution in [0.25, 0.3) is 0 Å². The van der Waals surface area contributed by atoms with Gasteiger partial charge in [0.25, 0.3) is 0 Å². The van der Waals surface area contributed by atoms with Crippen LogP contribution in [0.5, 0.6) is 11.5 Å². The van der Waals surface area contributed by atoms with Crippen LogP contribution in [-0.2, 0) is 11.2 Å². The van der Waals surface area contributed by atoms with E-state index < -0.39 is 5.97 Å². The lowest BCUT2D eigenvalue weighted by molar-refractivity contribution is -0.137. The highest BCUT2D eigenvalue weighted by atomic mass is 16.5. The number of rotatable bonds is 10. The van der Waals surface area contributed by atoms with Gasteiger partial charge < -0.3 is 14.6 Å². The van der Waals surface area contributed by atoms with Gasteiger partial charge in [-0.15, -0.1) is 5.92 Å². The Hall–Kier alpha value is -2.93. The van der Waals surface area contributed by atoms with Crippen LogP contribution in [0.15, 0.2) is 48.5 Å². The molecule has 0 saturated carbocycles. The Bertz CT molecular complexity index is 812. The number of aliphatic carboxylic acids is 1. The summed E-state index contributed by atoms with van der Waals surface area (Å²) in [5.74, 6) is 6.76. The zero-order valence-electron chi connectivity index (χ0n) is 16.8. The van der Waals surface area contributed by atoms with E-state index in [1.165, 1.54) is 5.56 Å². The summed E-state index contributed by atoms with van der Waals surface area (Å²) in [5, 5.41) is 9.02. The monoisotopic (exact) mass is 380 g/mol. The zero-order valence-corrected chi connectivity index (χ0v) is 16.8. The fourth-order valence-corrected chi connectivity index (χ4v) is 2.95. The Kier molecular flexibility index (Phi) is 8.42. The molecule has 0 aliphatic rings. The lowest BCUT2D eigenvalue weighted by atomic mass is 9.96. The zero-order chi connectivity index (χ0) is 20.4. The molecule has 0 radical (unpaired) electrons. The average Bonchev–Trinajstić information content (AvgIpc) is 2.65. The first-order valence-electron chi connectivity index (χ1n) is 9.56. The second-order valence-electron chi connectivity index (χ2n) is 7.06. The van der Waals surface area contributed by atoms with Gasteiger partial charge in [-0.3, -0.25) is 4.79 Å². The summed E-state index contributed by atoms with van der Waals surface area (Å²) >= 11 is 0. The van der Waals surface area contributed by atoms with Gasteiger partial charge in [0, 0.05) is 0 Å². The largest absolute Gasteiger partial charge is 0.490 e. The highest BCUT2D eigenvalue weighted by molar-refractivity contribution is 5.69. The van der Waals surface area contributed by atoms with Crippen LogP contribution in [0.4, 0.5) is 0 Å². The average molecular weight is 380 g/mol. The predicted octanol–water partition coefficient (Wildman–Crippen LogP) is 4.92. The highest BCUT2D eigenvalue weighted by Gasteiger charge is 2.13. The molecule has 0 amide bonds. The third-order valence-electron chi connectivity index (χ3n) is 4.14. The first kappa shape index (κ1) is 21.4. The number of benzene rings is 2. The van der Waals surface area contributed by atoms with Gasteiger partial charge in [0.1, 0.15) is 24.7 Å². The van der Waals surface area contributed by atoms with Gasteiger partial charge in [0.05, 0.1) is 12.3 Å². The van der Waals surface area contributed by atoms with Crippen molar-refractivity contribution in [1.29, 1.82) is 0 Å². The standard InChI is InChI=1S/C24H28O4/c1-4-6-21(17-24(25)26)20-9-11-22(12-10-20)27-13-14-28-23-8-5-7-19(16-23)15-18(2)3/h5,7-12,16,18,21H,13-15,17H2,1-3H3,(H,25,26). The van der Waals surface area contributed by atoms with Crippen molar-refractivity contribution in [1.82, 2.24) is 0 Å². The molecular formula is C24H28O4. The van der Waals surface area contributed by atoms with Crippen molar-refractivity contribution in [2.45, 2.75) is 39.5 Å². The molecule has 2 rings (SSSR count). The lowest BCUT2D eigenvalue weighted by Gasteiger charge is -2.12. The second kappa shape index (κ2) is 11.0. The van der Waals surface area contributed by atoms with Crippen LogP contribution in [0.1, 0.15) is 44.2 Å². The van der Waals surface area contributed by atoms with Crippen molar-refractivity contribution in [2.75, 3.05) is 13.2 Å². The quantitative estimate of drug-likeness (QED) is 0.469. The van der Waals surface area contributed by atoms with Gasteiger partial charge in [-0.1, -0.05) is 44.0 Å². The Morgan fingerprint density at radius 3 is 2.32 bits per heavy atom. The maximum absolute atomic E-state index is 11.0. The molecule has 0 bridgehead atoms. The van der Waals surface area contributed by atoms with Crippen LogP contribution in [0.3, 0.4) is 0 Å². The summed E-state index contributed by atoms with van der Waals surface area (Å²) in [6.07, 6.45) is 1.02. The number of hydrogen-bond donors (Lipinski definition) is 1. The molecule has 1 atom stereocenters. The third-order valence-corrected chi connectivity index (χ3v) is 4.14. The van der Waals surface area contributed by atoms with Crippen LogP contribution < -0.4 is 9.47 Å². The number of carbonyl (C=O) groups is 1. The Morgan fingerprint density at radius 1 is 1.04 bits per heavy atom. The van der Waals surface area contributed by atoms with Gasteiger partial charge in [-0.25, -0.2) is 0 Å². The minimum Gasteiger partial charge on any atom is -0.490 e. The van der Waals surface area contributed by atoms with Gasteiger partial charge >= 0.3 is 5.97 Å². The van der Waals surface area contributed by atoms with Crippen molar-refractivity contribution in [3.8, 4) is 23.3 Å². The molecule has 0 saturated heterocycles. The fraction of sp³-hybridized carbons (Fsp3) is 0.375. The van der Waals surface area contributed by atoms with E-state index in [0.29, 0.717) is 19.1 Å². The highest BCUT2D eigenvalue weighted by Crippen LogP contribution is 2.22. The molecule has 0 aliphatic carbocycles. The maximum atomic E-state index is 11.0. The van der Waals surface area contributed by atoms with Crippen molar-refractivity contribution >= 4 is 5.97 Å². The Labute approximate surface area is 167 Å². The van der Waals surface area contributed by atoms with E-state index >= 15 is 0 Å². The number of carboxylic acids is 1. The fourth-order valence-electron chi connectivity index (χ4n) is 2.95. The normalized spacial score (nSPS) is 11.4. The van der Waals surface area contributed by atoms with Crippen molar-refractivity contribution in [2.24, 2.45) is 5.92 Å². The summed E-state index contributed by atoms with van der Waals surface area (Å²) in [6.45, 7) is 7.00. The number of hydrogen-bond acceptors (Lipinski definition) is 3. The summed E-state index contributed by atoms with van der Waals surface area (Å²) in [4.78, 5) is 11.0. The third kappa shape index (κ3) is 7.36. The van der Waals surface area contributed by atoms with Crippen LogP contribution in [0.2, 0.25) is 0 Å². The molecule has 0 fully saturated rings. The van der Waals surface area contributed by atoms with E-state index in [-0.39, 0.29) is 12.3 Å². The Morgan fingerprint density at radius 2 is 1.71 bits per heavy atom. The first-order chi connectivity index (χ1) is 13.5. The van der Waals surface area contributed by atoms with Crippen LogP contribution >= 0.6 is 0 Å². The van der Waals surface area contributed by atoms with Crippen molar-refractivity contribution < 1.29 is 19.4 Å². The summed E-state index contributed by atoms with van der Waals surface area (Å²) in [7, 11) is 0. The molecular weight excluding hydrogens is 352 g/mol. The van der Waals surface area contributed by atoms with Gasteiger partial charge in [-0.05, 0) is 54.7 Å². The molecule has 148 valence electrons. The summed E-state index contributed by atoms with van der Waals surface area (Å²) < 4.78 is 11.5. The smallest absolute Gasteiger partial charge is 0.304 e. The predicted molar refractivity (Wildman–Crippen MR) is 111 cm³/mol. The molecule has 0 heterocycles. The SMILES string of the molecule is CC#CC(CC(=O)O)c1ccc(OCCOc2cccc(CC(C)C)c2)cc1. The molecule has 1 unspecified atom stereocenters. The minimum absolute atomic E-state index is 0.00917. The van der Waals surface area contributed by atoms with E-state index in [0.717, 1.165) is 23.5 Å². The van der Waals surface area contributed by atoms with Gasteiger partial charge in [0.2, 0.25) is 0 Å². The van der Waals surface area contributed by atoms with E-state index in [2.05, 4.69) is 37.8 Å². The van der Waals surface area contributed by atoms with E-state index in [9.17, 15) is 4.79 Å². The Balaban J connectivity index is 1.83. The van der Waals surface area contributed by atoms with E-state index in [1.807, 2.05) is 36.4 Å². The molecule has 1 N–H and O–H groups in total. The molecule has 0 aliphatic heterocycles. The molecule has 2 aromatic carbocycles. The number of carboxylic acid groups (broad SMARTS) is 1. The van der Waals surface area contributed by atoms with Gasteiger partial charge in [0.15, 0.2) is 0 Å². The molecule has 4 heteroatoms. The molecule has 4 nitrogen and oxygen atoms in total. The maximum Gasteiger partial charge on any atom is 0.304 e. The lowest BCUT2D eigenvalue weighted by Crippen LogP contribution is -2.09. The molecule has 28 heavy (non-hydrogen) atoms. The summed E-state index contributed by atoms with van der Waals surface area (Å²) in [6, 6.07) is 15.6. The topological polar surface area (TPSA) is 55.8 Å². The minimum atomic E-state index is -0.859. The van der Waals surface area contributed by atoms with Crippen LogP contribution in [-0.4, -0.2) is 24.3 Å². The molecule has 0 spiro atoms. The number of ether oxygens (including phenoxy) is 2. The van der Waals surface area contributed by atoms with Crippen molar-refractivity contribution in [3.05, 3.63) is 59.7 Å². The molecule has 0 aromatic heterocycles. The van der Waals surface area contributed by atoms with E-state index in [4.69, 9.17) is 14.6 Å². The van der Waals surface area contributed by atoms with E-state index in [1.54, 1.807) is 6.92 Å². The molecule has 2 aromatic rings. The van der Waals surface area contributed by atoms with Crippen molar-refractivity contribution in [3.63, 3.8) is 0 Å². The first-order valence-corrected chi connectivity index (χ1v) is 9.56.